The molecule has 1 saturated heterocycles. The summed E-state index contributed by atoms with van der Waals surface area (Å²) in [5, 5.41) is 3.93. The van der Waals surface area contributed by atoms with Gasteiger partial charge in [-0.3, -0.25) is 4.79 Å². The van der Waals surface area contributed by atoms with Gasteiger partial charge in [0.1, 0.15) is 0 Å². The minimum absolute atomic E-state index is 0.0771. The van der Waals surface area contributed by atoms with E-state index in [1.807, 2.05) is 43.1 Å². The summed E-state index contributed by atoms with van der Waals surface area (Å²) in [4.78, 5) is 15.3. The van der Waals surface area contributed by atoms with Crippen LogP contribution in [-0.4, -0.2) is 42.2 Å². The van der Waals surface area contributed by atoms with Gasteiger partial charge in [0.15, 0.2) is 0 Å². The van der Waals surface area contributed by atoms with Crippen molar-refractivity contribution in [2.24, 2.45) is 0 Å². The molecule has 0 aliphatic carbocycles. The lowest BCUT2D eigenvalue weighted by Gasteiger charge is -2.26. The lowest BCUT2D eigenvalue weighted by atomic mass is 10.2. The van der Waals surface area contributed by atoms with Crippen LogP contribution in [0.15, 0.2) is 29.2 Å². The van der Waals surface area contributed by atoms with E-state index in [1.165, 1.54) is 0 Å². The van der Waals surface area contributed by atoms with E-state index in [0.717, 1.165) is 29.4 Å². The number of nitrogens with one attached hydrogen (secondary N) is 1. The average molecular weight is 299 g/mol. The SMILES string of the molecule is CC(Sc1ccc(Cl)cc1)C(=O)N(C)C1CCNC1. The molecule has 1 aliphatic rings. The quantitative estimate of drug-likeness (QED) is 0.867. The minimum Gasteiger partial charge on any atom is -0.340 e. The maximum Gasteiger partial charge on any atom is 0.235 e. The first kappa shape index (κ1) is 14.7. The van der Waals surface area contributed by atoms with E-state index in [4.69, 9.17) is 11.6 Å². The fourth-order valence-corrected chi connectivity index (χ4v) is 3.30. The van der Waals surface area contributed by atoms with Gasteiger partial charge in [0.25, 0.3) is 0 Å². The van der Waals surface area contributed by atoms with Crippen molar-refractivity contribution in [3.63, 3.8) is 0 Å². The second-order valence-electron chi connectivity index (χ2n) is 4.81. The molecule has 0 saturated carbocycles. The summed E-state index contributed by atoms with van der Waals surface area (Å²) < 4.78 is 0. The molecule has 3 nitrogen and oxygen atoms in total. The number of nitrogens with zero attached hydrogens (tertiary/aromatic N) is 1. The zero-order chi connectivity index (χ0) is 13.8. The van der Waals surface area contributed by atoms with Crippen LogP contribution in [0.3, 0.4) is 0 Å². The van der Waals surface area contributed by atoms with Crippen LogP contribution in [0.25, 0.3) is 0 Å². The first-order chi connectivity index (χ1) is 9.08. The summed E-state index contributed by atoms with van der Waals surface area (Å²) in [7, 11) is 1.90. The first-order valence-corrected chi connectivity index (χ1v) is 7.73. The van der Waals surface area contributed by atoms with Crippen LogP contribution in [0, 0.1) is 0 Å². The normalized spacial score (nSPS) is 20.3. The van der Waals surface area contributed by atoms with Gasteiger partial charge in [-0.05, 0) is 44.2 Å². The zero-order valence-corrected chi connectivity index (χ0v) is 12.8. The molecule has 0 bridgehead atoms. The van der Waals surface area contributed by atoms with Gasteiger partial charge in [-0.15, -0.1) is 11.8 Å². The first-order valence-electron chi connectivity index (χ1n) is 6.47. The van der Waals surface area contributed by atoms with Crippen molar-refractivity contribution in [2.75, 3.05) is 20.1 Å². The maximum absolute atomic E-state index is 12.4. The number of carbonyl (C=O) groups is 1. The molecule has 2 rings (SSSR count). The molecule has 2 unspecified atom stereocenters. The number of amides is 1. The Hall–Kier alpha value is -0.710. The second kappa shape index (κ2) is 6.64. The van der Waals surface area contributed by atoms with E-state index < -0.39 is 0 Å². The van der Waals surface area contributed by atoms with Crippen molar-refractivity contribution in [3.05, 3.63) is 29.3 Å². The predicted octanol–water partition coefficient (Wildman–Crippen LogP) is 2.64. The van der Waals surface area contributed by atoms with Gasteiger partial charge >= 0.3 is 0 Å². The molecule has 0 radical (unpaired) electrons. The Morgan fingerprint density at radius 2 is 2.16 bits per heavy atom. The van der Waals surface area contributed by atoms with Crippen molar-refractivity contribution in [3.8, 4) is 0 Å². The molecule has 5 heteroatoms. The molecule has 1 N–H and O–H groups in total. The van der Waals surface area contributed by atoms with Crippen molar-refractivity contribution in [1.82, 2.24) is 10.2 Å². The molecule has 1 aliphatic heterocycles. The molecule has 0 spiro atoms. The topological polar surface area (TPSA) is 32.3 Å². The van der Waals surface area contributed by atoms with E-state index in [1.54, 1.807) is 11.8 Å². The van der Waals surface area contributed by atoms with Crippen LogP contribution < -0.4 is 5.32 Å². The van der Waals surface area contributed by atoms with Gasteiger partial charge in [0, 0.05) is 29.6 Å². The summed E-state index contributed by atoms with van der Waals surface area (Å²) >= 11 is 7.43. The van der Waals surface area contributed by atoms with Crippen molar-refractivity contribution in [2.45, 2.75) is 29.5 Å². The van der Waals surface area contributed by atoms with Crippen LogP contribution in [-0.2, 0) is 4.79 Å². The van der Waals surface area contributed by atoms with Crippen LogP contribution in [0.1, 0.15) is 13.3 Å². The van der Waals surface area contributed by atoms with Crippen molar-refractivity contribution >= 4 is 29.3 Å². The van der Waals surface area contributed by atoms with Gasteiger partial charge in [0.2, 0.25) is 5.91 Å². The van der Waals surface area contributed by atoms with Gasteiger partial charge < -0.3 is 10.2 Å². The highest BCUT2D eigenvalue weighted by Crippen LogP contribution is 2.26. The number of benzene rings is 1. The molecular formula is C14H19ClN2OS. The Labute approximate surface area is 123 Å². The lowest BCUT2D eigenvalue weighted by molar-refractivity contribution is -0.130. The van der Waals surface area contributed by atoms with Gasteiger partial charge in [-0.25, -0.2) is 0 Å². The maximum atomic E-state index is 12.4. The predicted molar refractivity (Wildman–Crippen MR) is 80.8 cm³/mol. The van der Waals surface area contributed by atoms with E-state index in [-0.39, 0.29) is 11.2 Å². The highest BCUT2D eigenvalue weighted by molar-refractivity contribution is 8.00. The lowest BCUT2D eigenvalue weighted by Crippen LogP contribution is -2.42. The van der Waals surface area contributed by atoms with Gasteiger partial charge in [-0.2, -0.15) is 0 Å². The standard InChI is InChI=1S/C14H19ClN2OS/c1-10(19-13-5-3-11(15)4-6-13)14(18)17(2)12-7-8-16-9-12/h3-6,10,12,16H,7-9H2,1-2H3. The largest absolute Gasteiger partial charge is 0.340 e. The number of halogens is 1. The van der Waals surface area contributed by atoms with Crippen LogP contribution in [0.5, 0.6) is 0 Å². The van der Waals surface area contributed by atoms with Gasteiger partial charge in [0.05, 0.1) is 5.25 Å². The third-order valence-corrected chi connectivity index (χ3v) is 4.76. The number of rotatable bonds is 4. The molecule has 1 heterocycles. The summed E-state index contributed by atoms with van der Waals surface area (Å²) in [6.45, 7) is 3.86. The molecule has 0 aromatic heterocycles. The van der Waals surface area contributed by atoms with Crippen LogP contribution in [0.4, 0.5) is 0 Å². The zero-order valence-electron chi connectivity index (χ0n) is 11.2. The third kappa shape index (κ3) is 3.88. The van der Waals surface area contributed by atoms with E-state index in [9.17, 15) is 4.79 Å². The Morgan fingerprint density at radius 1 is 1.47 bits per heavy atom. The third-order valence-electron chi connectivity index (χ3n) is 3.40. The van der Waals surface area contributed by atoms with E-state index >= 15 is 0 Å². The molecule has 1 aromatic carbocycles. The van der Waals surface area contributed by atoms with Crippen LogP contribution >= 0.6 is 23.4 Å². The molecule has 104 valence electrons. The summed E-state index contributed by atoms with van der Waals surface area (Å²) in [6, 6.07) is 7.94. The summed E-state index contributed by atoms with van der Waals surface area (Å²) in [5.74, 6) is 0.189. The minimum atomic E-state index is -0.0771. The number of hydrogen-bond acceptors (Lipinski definition) is 3. The number of likely N-dealkylation sites (N-methyl/N-ethyl adjacent to an activating group) is 1. The second-order valence-corrected chi connectivity index (χ2v) is 6.66. The Bertz CT molecular complexity index is 432. The number of thioether (sulfide) groups is 1. The van der Waals surface area contributed by atoms with Crippen molar-refractivity contribution < 1.29 is 4.79 Å². The average Bonchev–Trinajstić information content (AvgIpc) is 2.93. The number of hydrogen-bond donors (Lipinski definition) is 1. The highest BCUT2D eigenvalue weighted by atomic mass is 35.5. The molecular weight excluding hydrogens is 280 g/mol. The molecule has 19 heavy (non-hydrogen) atoms. The van der Waals surface area contributed by atoms with E-state index in [2.05, 4.69) is 5.32 Å². The van der Waals surface area contributed by atoms with Gasteiger partial charge in [-0.1, -0.05) is 11.6 Å². The molecule has 2 atom stereocenters. The molecule has 1 amide bonds. The van der Waals surface area contributed by atoms with E-state index in [0.29, 0.717) is 6.04 Å². The summed E-state index contributed by atoms with van der Waals surface area (Å²) in [5.41, 5.74) is 0. The fourth-order valence-electron chi connectivity index (χ4n) is 2.20. The van der Waals surface area contributed by atoms with Crippen LogP contribution in [0.2, 0.25) is 5.02 Å². The van der Waals surface area contributed by atoms with Crippen molar-refractivity contribution in [1.29, 1.82) is 0 Å². The Morgan fingerprint density at radius 3 is 2.74 bits per heavy atom. The Kier molecular flexibility index (Phi) is 5.13. The molecule has 1 aromatic rings. The Balaban J connectivity index is 1.93. The summed E-state index contributed by atoms with van der Waals surface area (Å²) in [6.07, 6.45) is 1.04. The fraction of sp³-hybridized carbons (Fsp3) is 0.500. The smallest absolute Gasteiger partial charge is 0.235 e. The highest BCUT2D eigenvalue weighted by Gasteiger charge is 2.26. The molecule has 1 fully saturated rings. The monoisotopic (exact) mass is 298 g/mol. The number of carbonyl (C=O) groups excluding carboxylic acids is 1.